The van der Waals surface area contributed by atoms with Crippen LogP contribution in [-0.4, -0.2) is 17.5 Å². The van der Waals surface area contributed by atoms with Crippen molar-refractivity contribution in [3.05, 3.63) is 131 Å². The minimum absolute atomic E-state index is 0.114. The Hall–Kier alpha value is -0.630. The summed E-state index contributed by atoms with van der Waals surface area (Å²) in [6.07, 6.45) is 0. The molecule has 35 heavy (non-hydrogen) atoms. The lowest BCUT2D eigenvalue weighted by atomic mass is 10.4. The Morgan fingerprint density at radius 3 is 0.714 bits per heavy atom. The molecule has 0 aliphatic heterocycles. The third-order valence-electron chi connectivity index (χ3n) is 3.65. The normalized spacial score (nSPS) is 10.5. The highest BCUT2D eigenvalue weighted by Gasteiger charge is 2.15. The zero-order valence-corrected chi connectivity index (χ0v) is 25.7. The van der Waals surface area contributed by atoms with E-state index in [1.807, 2.05) is 48.5 Å². The van der Waals surface area contributed by atoms with Gasteiger partial charge in [-0.05, 0) is 97.1 Å². The van der Waals surface area contributed by atoms with Crippen molar-refractivity contribution in [1.82, 2.24) is 0 Å². The second-order valence-electron chi connectivity index (χ2n) is 6.34. The first-order valence-corrected chi connectivity index (χ1v) is 16.6. The molecule has 0 saturated heterocycles. The summed E-state index contributed by atoms with van der Waals surface area (Å²) >= 11 is 23.1. The summed E-state index contributed by atoms with van der Waals surface area (Å²) in [6, 6.07) is 32.2. The van der Waals surface area contributed by atoms with Gasteiger partial charge in [-0.3, -0.25) is 8.42 Å². The highest BCUT2D eigenvalue weighted by atomic mass is 127. The minimum atomic E-state index is -5.17. The lowest BCUT2D eigenvalue weighted by molar-refractivity contribution is -0.597. The van der Waals surface area contributed by atoms with E-state index in [1.54, 1.807) is 0 Å². The molecular formula is C24H16Cl4I2O4S. The molecule has 0 saturated carbocycles. The molecule has 0 fully saturated rings. The van der Waals surface area contributed by atoms with Crippen molar-refractivity contribution in [3.8, 4) is 0 Å². The molecule has 4 nitrogen and oxygen atoms in total. The van der Waals surface area contributed by atoms with Crippen molar-refractivity contribution in [3.63, 3.8) is 0 Å². The van der Waals surface area contributed by atoms with E-state index >= 15 is 0 Å². The Morgan fingerprint density at radius 2 is 0.571 bits per heavy atom. The van der Waals surface area contributed by atoms with E-state index < -0.39 is 10.4 Å². The highest BCUT2D eigenvalue weighted by molar-refractivity contribution is 7.79. The Morgan fingerprint density at radius 1 is 0.429 bits per heavy atom. The summed E-state index contributed by atoms with van der Waals surface area (Å²) in [5.41, 5.74) is 0. The van der Waals surface area contributed by atoms with E-state index in [9.17, 15) is 0 Å². The fraction of sp³-hybridized carbons (Fsp3) is 0. The summed E-state index contributed by atoms with van der Waals surface area (Å²) in [5, 5.41) is 3.16. The first kappa shape index (κ1) is 30.6. The van der Waals surface area contributed by atoms with Crippen molar-refractivity contribution in [2.45, 2.75) is 0 Å². The van der Waals surface area contributed by atoms with Crippen molar-refractivity contribution in [2.75, 3.05) is 0 Å². The van der Waals surface area contributed by atoms with Gasteiger partial charge in [-0.1, -0.05) is 46.4 Å². The van der Waals surface area contributed by atoms with Crippen LogP contribution in [0.2, 0.25) is 20.1 Å². The lowest BCUT2D eigenvalue weighted by Crippen LogP contribution is -3.61. The molecule has 0 unspecified atom stereocenters. The SMILES string of the molecule is Clc1ccc([I+]c2ccc(Cl)cc2)cc1.Clc1ccc([I+]c2ccc(Cl)cc2)cc1.O=S(=O)([O-])[O-]. The second-order valence-corrected chi connectivity index (χ2v) is 15.0. The Labute approximate surface area is 245 Å². The van der Waals surface area contributed by atoms with Crippen LogP contribution in [0.3, 0.4) is 0 Å². The fourth-order valence-corrected chi connectivity index (χ4v) is 7.04. The molecular weight excluding hydrogens is 780 g/mol. The van der Waals surface area contributed by atoms with E-state index in [2.05, 4.69) is 48.5 Å². The van der Waals surface area contributed by atoms with Gasteiger partial charge in [0.15, 0.2) is 14.3 Å². The topological polar surface area (TPSA) is 80.3 Å². The first-order chi connectivity index (χ1) is 16.5. The van der Waals surface area contributed by atoms with Crippen LogP contribution < -0.4 is 42.4 Å². The molecule has 0 aliphatic rings. The quantitative estimate of drug-likeness (QED) is 0.175. The number of benzene rings is 4. The van der Waals surface area contributed by atoms with Crippen molar-refractivity contribution >= 4 is 56.8 Å². The molecule has 0 N–H and O–H groups in total. The van der Waals surface area contributed by atoms with Crippen molar-refractivity contribution in [2.24, 2.45) is 0 Å². The van der Waals surface area contributed by atoms with E-state index in [-0.39, 0.29) is 42.4 Å². The predicted octanol–water partition coefficient (Wildman–Crippen LogP) is 0.906. The van der Waals surface area contributed by atoms with Gasteiger partial charge in [0.25, 0.3) is 0 Å². The Kier molecular flexibility index (Phi) is 13.6. The molecule has 4 rings (SSSR count). The minimum Gasteiger partial charge on any atom is -0.759 e. The summed E-state index contributed by atoms with van der Waals surface area (Å²) in [4.78, 5) is 0. The third-order valence-corrected chi connectivity index (χ3v) is 10.0. The van der Waals surface area contributed by atoms with Crippen LogP contribution in [0, 0.1) is 14.3 Å². The Bertz CT molecular complexity index is 1100. The molecule has 0 bridgehead atoms. The van der Waals surface area contributed by atoms with Crippen LogP contribution in [0.15, 0.2) is 97.1 Å². The molecule has 0 amide bonds. The monoisotopic (exact) mass is 794 g/mol. The van der Waals surface area contributed by atoms with Crippen molar-refractivity contribution < 1.29 is 59.9 Å². The molecule has 0 heterocycles. The summed E-state index contributed by atoms with van der Waals surface area (Å²) < 4.78 is 39.5. The van der Waals surface area contributed by atoms with Crippen LogP contribution >= 0.6 is 46.4 Å². The van der Waals surface area contributed by atoms with Gasteiger partial charge in [-0.15, -0.1) is 0 Å². The molecule has 0 aromatic heterocycles. The standard InChI is InChI=1S/2C12H8Cl2I.H2O4S/c2*13-9-1-5-11(6-2-9)15-12-7-3-10(14)4-8-12;1-5(2,3)4/h2*1-8H;(H2,1,2,3,4)/q2*+1;/p-2. The molecule has 0 atom stereocenters. The van der Waals surface area contributed by atoms with Gasteiger partial charge in [0.05, 0.1) is 0 Å². The maximum absolute atomic E-state index is 8.52. The summed E-state index contributed by atoms with van der Waals surface area (Å²) in [7, 11) is -5.17. The van der Waals surface area contributed by atoms with Gasteiger partial charge in [-0.2, -0.15) is 0 Å². The number of rotatable bonds is 4. The van der Waals surface area contributed by atoms with E-state index in [0.717, 1.165) is 20.1 Å². The second kappa shape index (κ2) is 15.6. The van der Waals surface area contributed by atoms with Gasteiger partial charge in [0, 0.05) is 30.5 Å². The summed E-state index contributed by atoms with van der Waals surface area (Å²) in [6.45, 7) is 0. The molecule has 184 valence electrons. The Balaban J connectivity index is 0.000000208. The van der Waals surface area contributed by atoms with E-state index in [0.29, 0.717) is 0 Å². The van der Waals surface area contributed by atoms with Gasteiger partial charge < -0.3 is 9.11 Å². The maximum Gasteiger partial charge on any atom is 0.357 e. The van der Waals surface area contributed by atoms with Crippen LogP contribution in [0.25, 0.3) is 0 Å². The predicted molar refractivity (Wildman–Crippen MR) is 131 cm³/mol. The molecule has 4 aromatic rings. The zero-order chi connectivity index (χ0) is 25.8. The largest absolute Gasteiger partial charge is 0.759 e. The van der Waals surface area contributed by atoms with Crippen LogP contribution in [-0.2, 0) is 10.4 Å². The molecule has 0 radical (unpaired) electrons. The van der Waals surface area contributed by atoms with Gasteiger partial charge in [0.1, 0.15) is 0 Å². The van der Waals surface area contributed by atoms with Gasteiger partial charge in [0.2, 0.25) is 0 Å². The van der Waals surface area contributed by atoms with E-state index in [4.69, 9.17) is 63.9 Å². The average molecular weight is 796 g/mol. The molecule has 0 aliphatic carbocycles. The third kappa shape index (κ3) is 14.6. The fourth-order valence-electron chi connectivity index (χ4n) is 2.22. The van der Waals surface area contributed by atoms with Crippen LogP contribution in [0.5, 0.6) is 0 Å². The number of halogens is 6. The smallest absolute Gasteiger partial charge is 0.357 e. The van der Waals surface area contributed by atoms with E-state index in [1.165, 1.54) is 14.3 Å². The molecule has 11 heteroatoms. The number of hydrogen-bond donors (Lipinski definition) is 0. The van der Waals surface area contributed by atoms with Crippen LogP contribution in [0.1, 0.15) is 0 Å². The number of hydrogen-bond acceptors (Lipinski definition) is 4. The molecule has 4 aromatic carbocycles. The maximum atomic E-state index is 8.52. The van der Waals surface area contributed by atoms with Crippen LogP contribution in [0.4, 0.5) is 0 Å². The average Bonchev–Trinajstić information content (AvgIpc) is 2.79. The first-order valence-electron chi connectivity index (χ1n) is 9.46. The van der Waals surface area contributed by atoms with Gasteiger partial charge in [-0.25, -0.2) is 0 Å². The van der Waals surface area contributed by atoms with Crippen molar-refractivity contribution in [1.29, 1.82) is 0 Å². The zero-order valence-electron chi connectivity index (χ0n) is 17.5. The summed E-state index contributed by atoms with van der Waals surface area (Å²) in [5.74, 6) is 0. The molecule has 0 spiro atoms. The lowest BCUT2D eigenvalue weighted by Gasteiger charge is -2.06. The highest BCUT2D eigenvalue weighted by Crippen LogP contribution is 2.07. The van der Waals surface area contributed by atoms with Gasteiger partial charge >= 0.3 is 42.4 Å².